The average Bonchev–Trinajstić information content (AvgIpc) is 3.34. The Morgan fingerprint density at radius 2 is 0.544 bits per heavy atom. The van der Waals surface area contributed by atoms with E-state index in [0.717, 1.165) is 103 Å². The van der Waals surface area contributed by atoms with Crippen LogP contribution in [-0.2, 0) is 28.6 Å². The van der Waals surface area contributed by atoms with E-state index in [2.05, 4.69) is 118 Å². The molecule has 6 heteroatoms. The van der Waals surface area contributed by atoms with E-state index in [4.69, 9.17) is 14.2 Å². The Bertz CT molecular complexity index is 1360. The second-order valence-corrected chi connectivity index (χ2v) is 18.5. The van der Waals surface area contributed by atoms with E-state index in [1.165, 1.54) is 109 Å². The Labute approximate surface area is 419 Å². The molecule has 0 unspecified atom stereocenters. The van der Waals surface area contributed by atoms with Crippen LogP contribution in [0.3, 0.4) is 0 Å². The summed E-state index contributed by atoms with van der Waals surface area (Å²) in [5, 5.41) is 0. The molecule has 0 aliphatic carbocycles. The van der Waals surface area contributed by atoms with Crippen molar-refractivity contribution < 1.29 is 28.6 Å². The fraction of sp³-hybridized carbons (Fsp3) is 0.694. The number of hydrogen-bond donors (Lipinski definition) is 0. The van der Waals surface area contributed by atoms with Crippen molar-refractivity contribution >= 4 is 17.9 Å². The smallest absolute Gasteiger partial charge is 0.306 e. The monoisotopic (exact) mass is 945 g/mol. The summed E-state index contributed by atoms with van der Waals surface area (Å²) in [6.07, 6.45) is 73.9. The van der Waals surface area contributed by atoms with Gasteiger partial charge in [-0.25, -0.2) is 0 Å². The van der Waals surface area contributed by atoms with Gasteiger partial charge in [0.15, 0.2) is 6.10 Å². The quantitative estimate of drug-likeness (QED) is 0.0262. The van der Waals surface area contributed by atoms with Crippen LogP contribution in [0.1, 0.15) is 258 Å². The molecule has 6 nitrogen and oxygen atoms in total. The Kier molecular flexibility index (Phi) is 52.9. The fourth-order valence-electron chi connectivity index (χ4n) is 7.49. The van der Waals surface area contributed by atoms with Crippen LogP contribution < -0.4 is 0 Å². The van der Waals surface area contributed by atoms with Gasteiger partial charge < -0.3 is 14.2 Å². The molecule has 68 heavy (non-hydrogen) atoms. The molecule has 0 aliphatic heterocycles. The van der Waals surface area contributed by atoms with Gasteiger partial charge >= 0.3 is 17.9 Å². The van der Waals surface area contributed by atoms with Crippen LogP contribution in [-0.4, -0.2) is 37.2 Å². The van der Waals surface area contributed by atoms with Gasteiger partial charge in [-0.05, 0) is 122 Å². The van der Waals surface area contributed by atoms with E-state index < -0.39 is 6.10 Å². The maximum absolute atomic E-state index is 12.8. The minimum atomic E-state index is -0.816. The maximum atomic E-state index is 12.8. The van der Waals surface area contributed by atoms with Gasteiger partial charge in [-0.1, -0.05) is 214 Å². The van der Waals surface area contributed by atoms with Gasteiger partial charge in [0.2, 0.25) is 0 Å². The highest BCUT2D eigenvalue weighted by atomic mass is 16.6. The van der Waals surface area contributed by atoms with E-state index >= 15 is 0 Å². The van der Waals surface area contributed by atoms with Crippen LogP contribution in [0.15, 0.2) is 97.2 Å². The molecule has 0 aromatic heterocycles. The highest BCUT2D eigenvalue weighted by molar-refractivity contribution is 5.71. The number of hydrogen-bond acceptors (Lipinski definition) is 6. The fourth-order valence-corrected chi connectivity index (χ4v) is 7.49. The van der Waals surface area contributed by atoms with Gasteiger partial charge in [-0.15, -0.1) is 0 Å². The second-order valence-electron chi connectivity index (χ2n) is 18.5. The van der Waals surface area contributed by atoms with E-state index in [-0.39, 0.29) is 37.5 Å². The van der Waals surface area contributed by atoms with Crippen molar-refractivity contribution in [2.45, 2.75) is 264 Å². The van der Waals surface area contributed by atoms with Crippen LogP contribution in [0.4, 0.5) is 0 Å². The van der Waals surface area contributed by atoms with Crippen molar-refractivity contribution in [1.82, 2.24) is 0 Å². The summed E-state index contributed by atoms with van der Waals surface area (Å²) >= 11 is 0. The molecule has 0 saturated carbocycles. The van der Waals surface area contributed by atoms with Crippen molar-refractivity contribution in [3.63, 3.8) is 0 Å². The third-order valence-corrected chi connectivity index (χ3v) is 11.8. The van der Waals surface area contributed by atoms with Gasteiger partial charge in [-0.3, -0.25) is 14.4 Å². The normalized spacial score (nSPS) is 12.8. The molecule has 0 fully saturated rings. The molecule has 0 radical (unpaired) electrons. The van der Waals surface area contributed by atoms with Crippen molar-refractivity contribution in [3.8, 4) is 0 Å². The summed E-state index contributed by atoms with van der Waals surface area (Å²) < 4.78 is 16.8. The number of unbranched alkanes of at least 4 members (excludes halogenated alkanes) is 23. The average molecular weight is 946 g/mol. The second kappa shape index (κ2) is 55.9. The van der Waals surface area contributed by atoms with Gasteiger partial charge in [-0.2, -0.15) is 0 Å². The van der Waals surface area contributed by atoms with E-state index in [1.54, 1.807) is 0 Å². The molecule has 388 valence electrons. The third-order valence-electron chi connectivity index (χ3n) is 11.8. The van der Waals surface area contributed by atoms with Crippen molar-refractivity contribution in [2.24, 2.45) is 0 Å². The molecule has 0 aromatic carbocycles. The van der Waals surface area contributed by atoms with Crippen LogP contribution in [0.25, 0.3) is 0 Å². The van der Waals surface area contributed by atoms with Crippen LogP contribution in [0.5, 0.6) is 0 Å². The zero-order chi connectivity index (χ0) is 49.3. The Hall–Kier alpha value is -3.67. The van der Waals surface area contributed by atoms with E-state index in [0.29, 0.717) is 19.3 Å². The van der Waals surface area contributed by atoms with Gasteiger partial charge in [0, 0.05) is 19.3 Å². The number of ether oxygens (including phenoxy) is 3. The first kappa shape index (κ1) is 64.3. The topological polar surface area (TPSA) is 78.9 Å². The predicted molar refractivity (Wildman–Crippen MR) is 293 cm³/mol. The SMILES string of the molecule is CCCCC/C=C\C/C=C\C/C=C\C/C=C\CCCC(=O)O[C@H](COC(=O)CCCCCCC/C=C\CCCCCCC)COC(=O)CCCCCCCC/C=C\C/C=C\C/C=C\CCCCC. The summed E-state index contributed by atoms with van der Waals surface area (Å²) in [4.78, 5) is 38.1. The largest absolute Gasteiger partial charge is 0.462 e. The Morgan fingerprint density at radius 1 is 0.294 bits per heavy atom. The zero-order valence-corrected chi connectivity index (χ0v) is 44.3. The maximum Gasteiger partial charge on any atom is 0.306 e. The van der Waals surface area contributed by atoms with Crippen molar-refractivity contribution in [1.29, 1.82) is 0 Å². The van der Waals surface area contributed by atoms with Crippen LogP contribution in [0, 0.1) is 0 Å². The highest BCUT2D eigenvalue weighted by Crippen LogP contribution is 2.13. The molecule has 0 aromatic rings. The lowest BCUT2D eigenvalue weighted by molar-refractivity contribution is -0.167. The first-order valence-corrected chi connectivity index (χ1v) is 28.2. The molecule has 0 rings (SSSR count). The van der Waals surface area contributed by atoms with Gasteiger partial charge in [0.05, 0.1) is 0 Å². The third kappa shape index (κ3) is 53.3. The van der Waals surface area contributed by atoms with E-state index in [9.17, 15) is 14.4 Å². The number of esters is 3. The molecule has 0 aliphatic rings. The highest BCUT2D eigenvalue weighted by Gasteiger charge is 2.19. The number of allylic oxidation sites excluding steroid dienone is 16. The molecule has 0 amide bonds. The minimum absolute atomic E-state index is 0.108. The molecule has 0 N–H and O–H groups in total. The first-order chi connectivity index (χ1) is 33.5. The van der Waals surface area contributed by atoms with E-state index in [1.807, 2.05) is 0 Å². The number of carbonyl (C=O) groups excluding carboxylic acids is 3. The lowest BCUT2D eigenvalue weighted by Crippen LogP contribution is -2.30. The molecule has 0 bridgehead atoms. The molecular weight excluding hydrogens is 841 g/mol. The van der Waals surface area contributed by atoms with Gasteiger partial charge in [0.25, 0.3) is 0 Å². The van der Waals surface area contributed by atoms with Crippen molar-refractivity contribution in [2.75, 3.05) is 13.2 Å². The molecule has 0 heterocycles. The van der Waals surface area contributed by atoms with Crippen molar-refractivity contribution in [3.05, 3.63) is 97.2 Å². The van der Waals surface area contributed by atoms with Crippen LogP contribution >= 0.6 is 0 Å². The lowest BCUT2D eigenvalue weighted by Gasteiger charge is -2.18. The standard InChI is InChI=1S/C62H104O6/c1-4-7-10-13-16-19-22-25-28-30-31-33-34-37-40-43-46-49-52-55-61(64)67-58-59(57-66-60(63)54-51-48-45-42-39-36-27-24-21-18-15-12-9-6-3)68-62(65)56-53-50-47-44-41-38-35-32-29-26-23-20-17-14-11-8-5-2/h16-17,19-20,24-29,31,33,35,38,44,47,59H,4-15,18,21-23,30,32,34,36-37,39-43,45-46,48-58H2,1-3H3/b19-16-,20-17-,27-24-,28-25-,29-26-,33-31-,38-35-,47-44-/t59-/m1/s1. The van der Waals surface area contributed by atoms with Crippen LogP contribution in [0.2, 0.25) is 0 Å². The molecular formula is C62H104O6. The molecule has 0 spiro atoms. The number of carbonyl (C=O) groups is 3. The molecule has 0 saturated heterocycles. The van der Waals surface area contributed by atoms with Gasteiger partial charge in [0.1, 0.15) is 13.2 Å². The lowest BCUT2D eigenvalue weighted by atomic mass is 10.1. The summed E-state index contributed by atoms with van der Waals surface area (Å²) in [5.41, 5.74) is 0. The Morgan fingerprint density at radius 3 is 0.912 bits per heavy atom. The summed E-state index contributed by atoms with van der Waals surface area (Å²) in [7, 11) is 0. The molecule has 1 atom stereocenters. The summed E-state index contributed by atoms with van der Waals surface area (Å²) in [6, 6.07) is 0. The first-order valence-electron chi connectivity index (χ1n) is 28.2. The summed E-state index contributed by atoms with van der Waals surface area (Å²) in [5.74, 6) is -0.985. The Balaban J connectivity index is 4.51. The zero-order valence-electron chi connectivity index (χ0n) is 44.3. The predicted octanol–water partition coefficient (Wildman–Crippen LogP) is 18.9. The summed E-state index contributed by atoms with van der Waals surface area (Å²) in [6.45, 7) is 6.51. The minimum Gasteiger partial charge on any atom is -0.462 e. The number of rotatable bonds is 50.